The fraction of sp³-hybridized carbons (Fsp3) is 0.550. The number of carbonyl (C=O) groups is 1. The number of nitrogens with one attached hydrogen (secondary N) is 1. The molecule has 1 N–H and O–H groups in total. The van der Waals surface area contributed by atoms with Crippen LogP contribution in [0.4, 0.5) is 11.4 Å². The van der Waals surface area contributed by atoms with E-state index in [-0.39, 0.29) is 17.3 Å². The number of terminal acetylenes is 1. The van der Waals surface area contributed by atoms with Gasteiger partial charge in [-0.2, -0.15) is 0 Å². The van der Waals surface area contributed by atoms with E-state index in [2.05, 4.69) is 11.2 Å². The molecule has 0 spiro atoms. The zero-order valence-electron chi connectivity index (χ0n) is 14.7. The van der Waals surface area contributed by atoms with Crippen molar-refractivity contribution in [1.82, 2.24) is 0 Å². The van der Waals surface area contributed by atoms with Gasteiger partial charge in [-0.1, -0.05) is 5.92 Å². The lowest BCUT2D eigenvalue weighted by Gasteiger charge is -2.58. The summed E-state index contributed by atoms with van der Waals surface area (Å²) < 4.78 is 6.33. The van der Waals surface area contributed by atoms with Crippen molar-refractivity contribution >= 4 is 17.3 Å². The third-order valence-corrected chi connectivity index (χ3v) is 6.34. The van der Waals surface area contributed by atoms with Crippen LogP contribution in [0.3, 0.4) is 0 Å². The molecule has 0 heterocycles. The third-order valence-electron chi connectivity index (χ3n) is 6.34. The summed E-state index contributed by atoms with van der Waals surface area (Å²) in [4.78, 5) is 22.1. The molecule has 5 rings (SSSR count). The Labute approximate surface area is 152 Å². The summed E-state index contributed by atoms with van der Waals surface area (Å²) in [5.41, 5.74) is -0.694. The second kappa shape index (κ2) is 6.01. The molecule has 4 fully saturated rings. The third kappa shape index (κ3) is 2.63. The van der Waals surface area contributed by atoms with Gasteiger partial charge in [0.25, 0.3) is 5.69 Å². The summed E-state index contributed by atoms with van der Waals surface area (Å²) in [7, 11) is 0. The number of nitro benzene ring substituents is 1. The highest BCUT2D eigenvalue weighted by Crippen LogP contribution is 2.59. The second-order valence-electron chi connectivity index (χ2n) is 7.96. The predicted molar refractivity (Wildman–Crippen MR) is 96.6 cm³/mol. The van der Waals surface area contributed by atoms with Gasteiger partial charge in [-0.3, -0.25) is 14.9 Å². The molecule has 0 saturated heterocycles. The Morgan fingerprint density at radius 2 is 1.88 bits per heavy atom. The van der Waals surface area contributed by atoms with Crippen molar-refractivity contribution in [2.24, 2.45) is 23.7 Å². The van der Waals surface area contributed by atoms with E-state index in [9.17, 15) is 14.9 Å². The number of benzene rings is 1. The van der Waals surface area contributed by atoms with Crippen LogP contribution in [0.5, 0.6) is 5.75 Å². The molecule has 0 radical (unpaired) electrons. The van der Waals surface area contributed by atoms with Gasteiger partial charge in [-0.25, -0.2) is 0 Å². The summed E-state index contributed by atoms with van der Waals surface area (Å²) in [5, 5.41) is 13.9. The molecule has 1 amide bonds. The highest BCUT2D eigenvalue weighted by molar-refractivity contribution is 5.91. The van der Waals surface area contributed by atoms with E-state index in [4.69, 9.17) is 11.2 Å². The fourth-order valence-corrected chi connectivity index (χ4v) is 5.53. The SMILES string of the molecule is C#CC1(Oc2ccc(NC(C)=O)c([N+](=O)[O-])c2)C2CC3CC(C2)CC1C3. The van der Waals surface area contributed by atoms with Crippen molar-refractivity contribution in [2.45, 2.75) is 44.6 Å². The zero-order valence-corrected chi connectivity index (χ0v) is 14.7. The van der Waals surface area contributed by atoms with Crippen molar-refractivity contribution in [1.29, 1.82) is 0 Å². The van der Waals surface area contributed by atoms with Crippen LogP contribution < -0.4 is 10.1 Å². The molecule has 0 aromatic heterocycles. The minimum Gasteiger partial charge on any atom is -0.474 e. The monoisotopic (exact) mass is 354 g/mol. The molecule has 6 heteroatoms. The van der Waals surface area contributed by atoms with Crippen LogP contribution in [0.2, 0.25) is 0 Å². The Morgan fingerprint density at radius 1 is 1.27 bits per heavy atom. The number of nitrogens with zero attached hydrogens (tertiary/aromatic N) is 1. The van der Waals surface area contributed by atoms with Gasteiger partial charge < -0.3 is 10.1 Å². The highest BCUT2D eigenvalue weighted by atomic mass is 16.6. The average Bonchev–Trinajstić information content (AvgIpc) is 2.58. The van der Waals surface area contributed by atoms with Gasteiger partial charge in [0, 0.05) is 18.8 Å². The number of hydrogen-bond acceptors (Lipinski definition) is 4. The van der Waals surface area contributed by atoms with Crippen LogP contribution in [-0.2, 0) is 4.79 Å². The van der Waals surface area contributed by atoms with E-state index in [0.29, 0.717) is 17.6 Å². The van der Waals surface area contributed by atoms with Crippen molar-refractivity contribution in [3.8, 4) is 18.1 Å². The van der Waals surface area contributed by atoms with Crippen molar-refractivity contribution < 1.29 is 14.5 Å². The maximum atomic E-state index is 11.4. The smallest absolute Gasteiger partial charge is 0.296 e. The van der Waals surface area contributed by atoms with E-state index >= 15 is 0 Å². The standard InChI is InChI=1S/C20H22N2O4/c1-3-20(15-7-13-6-14(9-15)10-16(20)8-13)26-17-4-5-18(21-12(2)23)19(11-17)22(24)25/h1,4-5,11,13-16H,6-10H2,2H3,(H,21,23). The van der Waals surface area contributed by atoms with E-state index in [0.717, 1.165) is 37.5 Å². The molecule has 0 unspecified atom stereocenters. The van der Waals surface area contributed by atoms with Crippen LogP contribution in [0.1, 0.15) is 39.0 Å². The predicted octanol–water partition coefficient (Wildman–Crippen LogP) is 3.76. The number of carbonyl (C=O) groups excluding carboxylic acids is 1. The average molecular weight is 354 g/mol. The van der Waals surface area contributed by atoms with Crippen molar-refractivity contribution in [3.63, 3.8) is 0 Å². The highest BCUT2D eigenvalue weighted by Gasteiger charge is 2.58. The van der Waals surface area contributed by atoms with Gasteiger partial charge in [0.1, 0.15) is 11.4 Å². The lowest BCUT2D eigenvalue weighted by Crippen LogP contribution is -2.60. The minimum absolute atomic E-state index is 0.162. The van der Waals surface area contributed by atoms with Crippen LogP contribution >= 0.6 is 0 Å². The first-order valence-corrected chi connectivity index (χ1v) is 9.14. The Bertz CT molecular complexity index is 783. The van der Waals surface area contributed by atoms with E-state index < -0.39 is 10.5 Å². The Hall–Kier alpha value is -2.55. The number of ether oxygens (including phenoxy) is 1. The van der Waals surface area contributed by atoms with Crippen molar-refractivity contribution in [3.05, 3.63) is 28.3 Å². The molecule has 4 aliphatic rings. The van der Waals surface area contributed by atoms with Crippen LogP contribution in [0.15, 0.2) is 18.2 Å². The number of rotatable bonds is 4. The summed E-state index contributed by atoms with van der Waals surface area (Å²) >= 11 is 0. The molecule has 6 nitrogen and oxygen atoms in total. The molecule has 1 aromatic carbocycles. The molecule has 26 heavy (non-hydrogen) atoms. The number of hydrogen-bond donors (Lipinski definition) is 1. The first kappa shape index (κ1) is 16.9. The number of nitro groups is 1. The number of anilines is 1. The fourth-order valence-electron chi connectivity index (χ4n) is 5.53. The summed E-state index contributed by atoms with van der Waals surface area (Å²) in [6.45, 7) is 1.32. The van der Waals surface area contributed by atoms with E-state index in [1.165, 1.54) is 25.5 Å². The maximum absolute atomic E-state index is 11.4. The largest absolute Gasteiger partial charge is 0.474 e. The molecule has 4 aliphatic carbocycles. The molecular weight excluding hydrogens is 332 g/mol. The molecule has 0 atom stereocenters. The first-order chi connectivity index (χ1) is 12.4. The lowest BCUT2D eigenvalue weighted by atomic mass is 9.50. The topological polar surface area (TPSA) is 81.5 Å². The van der Waals surface area contributed by atoms with Gasteiger partial charge in [-0.15, -0.1) is 6.42 Å². The summed E-state index contributed by atoms with van der Waals surface area (Å²) in [6, 6.07) is 4.53. The molecule has 4 saturated carbocycles. The molecule has 1 aromatic rings. The first-order valence-electron chi connectivity index (χ1n) is 9.14. The van der Waals surface area contributed by atoms with Crippen molar-refractivity contribution in [2.75, 3.05) is 5.32 Å². The minimum atomic E-state index is -0.670. The number of amides is 1. The Balaban J connectivity index is 1.66. The quantitative estimate of drug-likeness (QED) is 0.507. The zero-order chi connectivity index (χ0) is 18.5. The normalized spacial score (nSPS) is 34.2. The molecule has 136 valence electrons. The van der Waals surface area contributed by atoms with Gasteiger partial charge in [0.15, 0.2) is 5.60 Å². The van der Waals surface area contributed by atoms with E-state index in [1.54, 1.807) is 6.07 Å². The van der Waals surface area contributed by atoms with E-state index in [1.807, 2.05) is 0 Å². The second-order valence-corrected chi connectivity index (χ2v) is 7.96. The van der Waals surface area contributed by atoms with Crippen LogP contribution in [-0.4, -0.2) is 16.4 Å². The summed E-state index contributed by atoms with van der Waals surface area (Å²) in [5.74, 6) is 5.12. The summed E-state index contributed by atoms with van der Waals surface area (Å²) in [6.07, 6.45) is 11.6. The molecule has 0 aliphatic heterocycles. The van der Waals surface area contributed by atoms with Crippen LogP contribution in [0.25, 0.3) is 0 Å². The van der Waals surface area contributed by atoms with Gasteiger partial charge >= 0.3 is 0 Å². The van der Waals surface area contributed by atoms with Gasteiger partial charge in [0.2, 0.25) is 5.91 Å². The van der Waals surface area contributed by atoms with Crippen LogP contribution in [0, 0.1) is 46.1 Å². The molecular formula is C20H22N2O4. The molecule has 4 bridgehead atoms. The van der Waals surface area contributed by atoms with Gasteiger partial charge in [0.05, 0.1) is 11.0 Å². The van der Waals surface area contributed by atoms with Gasteiger partial charge in [-0.05, 0) is 56.1 Å². The maximum Gasteiger partial charge on any atom is 0.296 e. The Kier molecular flexibility index (Phi) is 3.91. The lowest BCUT2D eigenvalue weighted by molar-refractivity contribution is -0.384. The Morgan fingerprint density at radius 3 is 2.38 bits per heavy atom.